The number of halogens is 2. The van der Waals surface area contributed by atoms with E-state index in [1.165, 1.54) is 0 Å². The van der Waals surface area contributed by atoms with Gasteiger partial charge in [0.15, 0.2) is 0 Å². The highest BCUT2D eigenvalue weighted by atomic mass is 35.5. The Balaban J connectivity index is 2.18. The lowest BCUT2D eigenvalue weighted by atomic mass is 10.0. The number of nitrogens with two attached hydrogens (primary N) is 2. The molecule has 0 saturated carbocycles. The second-order valence-electron chi connectivity index (χ2n) is 5.15. The summed E-state index contributed by atoms with van der Waals surface area (Å²) >= 11 is 12.1. The van der Waals surface area contributed by atoms with E-state index in [-0.39, 0.29) is 11.4 Å². The summed E-state index contributed by atoms with van der Waals surface area (Å²) in [6, 6.07) is 9.71. The number of hydrogen-bond acceptors (Lipinski definition) is 2. The summed E-state index contributed by atoms with van der Waals surface area (Å²) in [7, 11) is 0. The monoisotopic (exact) mass is 362 g/mol. The van der Waals surface area contributed by atoms with Crippen molar-refractivity contribution >= 4 is 51.9 Å². The van der Waals surface area contributed by atoms with Crippen molar-refractivity contribution in [3.63, 3.8) is 0 Å². The molecule has 3 aromatic rings. The van der Waals surface area contributed by atoms with Crippen LogP contribution in [0, 0.1) is 0 Å². The molecule has 0 bridgehead atoms. The zero-order valence-corrected chi connectivity index (χ0v) is 13.7. The summed E-state index contributed by atoms with van der Waals surface area (Å²) in [5, 5.41) is 3.96. The number of anilines is 1. The number of benzene rings is 2. The summed E-state index contributed by atoms with van der Waals surface area (Å²) in [5.41, 5.74) is 12.9. The van der Waals surface area contributed by atoms with E-state index >= 15 is 0 Å². The highest BCUT2D eigenvalue weighted by Gasteiger charge is 2.18. The number of H-pyrrole nitrogens is 1. The predicted octanol–water partition coefficient (Wildman–Crippen LogP) is 3.73. The number of carbonyl (C=O) groups is 2. The van der Waals surface area contributed by atoms with Crippen molar-refractivity contribution < 1.29 is 9.59 Å². The van der Waals surface area contributed by atoms with Crippen molar-refractivity contribution in [3.05, 3.63) is 52.0 Å². The number of urea groups is 1. The van der Waals surface area contributed by atoms with Crippen LogP contribution in [0.15, 0.2) is 36.4 Å². The van der Waals surface area contributed by atoms with Crippen LogP contribution in [0.5, 0.6) is 0 Å². The highest BCUT2D eigenvalue weighted by Crippen LogP contribution is 2.32. The van der Waals surface area contributed by atoms with Crippen molar-refractivity contribution in [2.45, 2.75) is 0 Å². The number of aromatic nitrogens is 1. The van der Waals surface area contributed by atoms with Gasteiger partial charge in [0.05, 0.1) is 5.56 Å². The molecule has 6 nitrogen and oxygen atoms in total. The van der Waals surface area contributed by atoms with E-state index in [0.29, 0.717) is 20.9 Å². The maximum Gasteiger partial charge on any atom is 0.317 e. The molecule has 0 saturated heterocycles. The number of fused-ring (bicyclic) bond motifs is 1. The van der Waals surface area contributed by atoms with E-state index in [1.54, 1.807) is 36.4 Å². The quantitative estimate of drug-likeness (QED) is 0.568. The zero-order chi connectivity index (χ0) is 17.4. The van der Waals surface area contributed by atoms with Crippen LogP contribution in [-0.4, -0.2) is 16.9 Å². The van der Waals surface area contributed by atoms with Gasteiger partial charge in [0, 0.05) is 20.9 Å². The molecule has 0 atom stereocenters. The van der Waals surface area contributed by atoms with Crippen molar-refractivity contribution in [1.82, 2.24) is 4.98 Å². The fraction of sp³-hybridized carbons (Fsp3) is 0. The lowest BCUT2D eigenvalue weighted by molar-refractivity contribution is 0.100. The lowest BCUT2D eigenvalue weighted by Crippen LogP contribution is -2.22. The molecule has 0 unspecified atom stereocenters. The number of hydrogen-bond donors (Lipinski definition) is 4. The van der Waals surface area contributed by atoms with Crippen LogP contribution in [-0.2, 0) is 0 Å². The maximum atomic E-state index is 11.7. The second kappa shape index (κ2) is 6.07. The number of carbonyl (C=O) groups excluding carboxylic acids is 2. The van der Waals surface area contributed by atoms with Gasteiger partial charge in [-0.05, 0) is 35.4 Å². The smallest absolute Gasteiger partial charge is 0.317 e. The SMILES string of the molecule is NC(=O)Nc1[nH]c2cc(-c3cc(Cl)cc(Cl)c3)ccc2c1C(N)=O. The molecule has 122 valence electrons. The average Bonchev–Trinajstić information content (AvgIpc) is 2.82. The van der Waals surface area contributed by atoms with E-state index in [1.807, 2.05) is 0 Å². The summed E-state index contributed by atoms with van der Waals surface area (Å²) in [5.74, 6) is -0.519. The molecule has 24 heavy (non-hydrogen) atoms. The van der Waals surface area contributed by atoms with Gasteiger partial charge in [-0.1, -0.05) is 35.3 Å². The van der Waals surface area contributed by atoms with Gasteiger partial charge in [-0.25, -0.2) is 4.79 Å². The largest absolute Gasteiger partial charge is 0.365 e. The molecule has 0 aliphatic heterocycles. The third-order valence-electron chi connectivity index (χ3n) is 3.49. The Labute approximate surface area is 146 Å². The molecule has 0 radical (unpaired) electrons. The van der Waals surface area contributed by atoms with Crippen LogP contribution in [0.2, 0.25) is 10.0 Å². The molecule has 2 aromatic carbocycles. The van der Waals surface area contributed by atoms with Gasteiger partial charge in [-0.3, -0.25) is 10.1 Å². The summed E-state index contributed by atoms with van der Waals surface area (Å²) < 4.78 is 0. The van der Waals surface area contributed by atoms with E-state index in [9.17, 15) is 9.59 Å². The van der Waals surface area contributed by atoms with Gasteiger partial charge in [0.2, 0.25) is 0 Å². The Bertz CT molecular complexity index is 961. The van der Waals surface area contributed by atoms with Crippen LogP contribution in [0.1, 0.15) is 10.4 Å². The van der Waals surface area contributed by atoms with Gasteiger partial charge in [0.1, 0.15) is 5.82 Å². The second-order valence-corrected chi connectivity index (χ2v) is 6.02. The fourth-order valence-corrected chi connectivity index (χ4v) is 3.10. The third kappa shape index (κ3) is 3.02. The van der Waals surface area contributed by atoms with Gasteiger partial charge in [0.25, 0.3) is 5.91 Å². The van der Waals surface area contributed by atoms with E-state index in [4.69, 9.17) is 34.7 Å². The fourth-order valence-electron chi connectivity index (χ4n) is 2.57. The molecule has 0 aliphatic carbocycles. The molecule has 3 amide bonds. The van der Waals surface area contributed by atoms with E-state index in [2.05, 4.69) is 10.3 Å². The molecular weight excluding hydrogens is 351 g/mol. The first kappa shape index (κ1) is 16.2. The average molecular weight is 363 g/mol. The number of amides is 3. The number of aromatic amines is 1. The first-order chi connectivity index (χ1) is 11.3. The standard InChI is InChI=1S/C16H12Cl2N4O2/c17-9-3-8(4-10(18)6-9)7-1-2-11-12(5-7)21-15(22-16(20)24)13(11)14(19)23/h1-6,21H,(H2,19,23)(H3,20,22,24). The molecule has 3 rings (SSSR count). The van der Waals surface area contributed by atoms with Crippen molar-refractivity contribution in [2.24, 2.45) is 11.5 Å². The Kier molecular flexibility index (Phi) is 4.09. The van der Waals surface area contributed by atoms with Gasteiger partial charge in [-0.2, -0.15) is 0 Å². The van der Waals surface area contributed by atoms with Crippen molar-refractivity contribution in [1.29, 1.82) is 0 Å². The van der Waals surface area contributed by atoms with Gasteiger partial charge in [-0.15, -0.1) is 0 Å². The van der Waals surface area contributed by atoms with Crippen molar-refractivity contribution in [3.8, 4) is 11.1 Å². The highest BCUT2D eigenvalue weighted by molar-refractivity contribution is 6.35. The number of nitrogens with one attached hydrogen (secondary N) is 2. The Morgan fingerprint density at radius 2 is 1.62 bits per heavy atom. The first-order valence-electron chi connectivity index (χ1n) is 6.83. The molecule has 0 fully saturated rings. The van der Waals surface area contributed by atoms with Crippen LogP contribution in [0.25, 0.3) is 22.0 Å². The van der Waals surface area contributed by atoms with Gasteiger partial charge < -0.3 is 16.5 Å². The molecular formula is C16H12Cl2N4O2. The normalized spacial score (nSPS) is 10.8. The number of primary amides is 2. The summed E-state index contributed by atoms with van der Waals surface area (Å²) in [4.78, 5) is 25.7. The lowest BCUT2D eigenvalue weighted by Gasteiger charge is -2.04. The van der Waals surface area contributed by atoms with Crippen LogP contribution >= 0.6 is 23.2 Å². The summed E-state index contributed by atoms with van der Waals surface area (Å²) in [6.07, 6.45) is 0. The van der Waals surface area contributed by atoms with E-state index < -0.39 is 11.9 Å². The van der Waals surface area contributed by atoms with Crippen molar-refractivity contribution in [2.75, 3.05) is 5.32 Å². The van der Waals surface area contributed by atoms with Crippen LogP contribution < -0.4 is 16.8 Å². The molecule has 0 aliphatic rings. The minimum atomic E-state index is -0.800. The van der Waals surface area contributed by atoms with Gasteiger partial charge >= 0.3 is 6.03 Å². The molecule has 0 spiro atoms. The minimum absolute atomic E-state index is 0.159. The topological polar surface area (TPSA) is 114 Å². The Hall–Kier alpha value is -2.70. The first-order valence-corrected chi connectivity index (χ1v) is 7.59. The minimum Gasteiger partial charge on any atom is -0.365 e. The molecule has 6 N–H and O–H groups in total. The Morgan fingerprint density at radius 1 is 0.958 bits per heavy atom. The molecule has 8 heteroatoms. The van der Waals surface area contributed by atoms with Crippen LogP contribution in [0.4, 0.5) is 10.6 Å². The molecule has 1 aromatic heterocycles. The predicted molar refractivity (Wildman–Crippen MR) is 95.5 cm³/mol. The van der Waals surface area contributed by atoms with E-state index in [0.717, 1.165) is 11.1 Å². The van der Waals surface area contributed by atoms with Crippen LogP contribution in [0.3, 0.4) is 0 Å². The summed E-state index contributed by atoms with van der Waals surface area (Å²) in [6.45, 7) is 0. The third-order valence-corrected chi connectivity index (χ3v) is 3.93. The zero-order valence-electron chi connectivity index (χ0n) is 12.2. The molecule has 1 heterocycles. The Morgan fingerprint density at radius 3 is 2.21 bits per heavy atom. The maximum absolute atomic E-state index is 11.7. The number of rotatable bonds is 3.